The predicted octanol–water partition coefficient (Wildman–Crippen LogP) is 3.25. The zero-order chi connectivity index (χ0) is 25.8. The molecule has 3 rings (SSSR count). The third kappa shape index (κ3) is 5.17. The average Bonchev–Trinajstić information content (AvgIpc) is 2.87. The van der Waals surface area contributed by atoms with Crippen LogP contribution >= 0.6 is 0 Å². The first-order chi connectivity index (χ1) is 16.6. The van der Waals surface area contributed by atoms with E-state index in [2.05, 4.69) is 14.8 Å². The molecule has 0 fully saturated rings. The molecule has 180 valence electrons. The van der Waals surface area contributed by atoms with E-state index in [4.69, 9.17) is 0 Å². The molecule has 35 heavy (non-hydrogen) atoms. The lowest BCUT2D eigenvalue weighted by Crippen LogP contribution is -2.16. The summed E-state index contributed by atoms with van der Waals surface area (Å²) in [5.41, 5.74) is -0.967. The summed E-state index contributed by atoms with van der Waals surface area (Å²) < 4.78 is 36.1. The Bertz CT molecular complexity index is 1450. The fourth-order valence-electron chi connectivity index (χ4n) is 3.14. The molecule has 0 unspecified atom stereocenters. The molecule has 0 bridgehead atoms. The Labute approximate surface area is 199 Å². The lowest BCUT2D eigenvalue weighted by Gasteiger charge is -2.13. The first-order valence-electron chi connectivity index (χ1n) is 9.80. The molecule has 3 aromatic carbocycles. The molecule has 0 atom stereocenters. The third-order valence-electron chi connectivity index (χ3n) is 4.86. The number of benzene rings is 3. The third-order valence-corrected chi connectivity index (χ3v) is 6.67. The second-order valence-corrected chi connectivity index (χ2v) is 8.87. The highest BCUT2D eigenvalue weighted by molar-refractivity contribution is 7.91. The van der Waals surface area contributed by atoms with Gasteiger partial charge >= 0.3 is 11.9 Å². The molecule has 0 aromatic heterocycles. The van der Waals surface area contributed by atoms with E-state index in [1.54, 1.807) is 0 Å². The Balaban J connectivity index is 2.05. The van der Waals surface area contributed by atoms with E-state index in [1.807, 2.05) is 0 Å². The second-order valence-electron chi connectivity index (χ2n) is 6.95. The Morgan fingerprint density at radius 3 is 2.17 bits per heavy atom. The predicted molar refractivity (Wildman–Crippen MR) is 122 cm³/mol. The average molecular weight is 498 g/mol. The highest BCUT2D eigenvalue weighted by atomic mass is 32.2. The molecule has 0 saturated heterocycles. The smallest absolute Gasteiger partial charge is 0.338 e. The van der Waals surface area contributed by atoms with Crippen molar-refractivity contribution in [2.75, 3.05) is 19.5 Å². The highest BCUT2D eigenvalue weighted by Gasteiger charge is 2.27. The molecule has 1 amide bonds. The van der Waals surface area contributed by atoms with E-state index in [9.17, 15) is 32.9 Å². The number of nitrogens with one attached hydrogen (secondary N) is 1. The number of hydrogen-bond donors (Lipinski definition) is 1. The first-order valence-corrected chi connectivity index (χ1v) is 11.3. The number of anilines is 1. The van der Waals surface area contributed by atoms with Gasteiger partial charge in [0.15, 0.2) is 0 Å². The van der Waals surface area contributed by atoms with Crippen LogP contribution in [0.4, 0.5) is 11.4 Å². The van der Waals surface area contributed by atoms with Crippen molar-refractivity contribution in [1.82, 2.24) is 0 Å². The van der Waals surface area contributed by atoms with Gasteiger partial charge in [0.1, 0.15) is 0 Å². The number of para-hydroxylation sites is 1. The number of ether oxygens (including phenoxy) is 2. The van der Waals surface area contributed by atoms with Crippen LogP contribution in [0.3, 0.4) is 0 Å². The number of non-ortho nitro benzene ring substituents is 1. The minimum atomic E-state index is -4.32. The Hall–Kier alpha value is -4.58. The number of nitrogens with zero attached hydrogens (tertiary/aromatic N) is 1. The van der Waals surface area contributed by atoms with Crippen molar-refractivity contribution in [3.05, 3.63) is 93.5 Å². The Kier molecular flexibility index (Phi) is 7.25. The molecule has 0 aliphatic carbocycles. The molecular weight excluding hydrogens is 480 g/mol. The number of methoxy groups -OCH3 is 2. The fraction of sp³-hybridized carbons (Fsp3) is 0.0870. The summed E-state index contributed by atoms with van der Waals surface area (Å²) >= 11 is 0. The SMILES string of the molecule is COC(=O)c1ccc(S(=O)(=O)c2ccccc2NC(=O)c2cccc([N+](=O)[O-])c2)cc1C(=O)OC. The number of nitro benzene ring substituents is 1. The van der Waals surface area contributed by atoms with Crippen molar-refractivity contribution in [3.8, 4) is 0 Å². The van der Waals surface area contributed by atoms with Crippen LogP contribution in [0, 0.1) is 10.1 Å². The monoisotopic (exact) mass is 498 g/mol. The van der Waals surface area contributed by atoms with Crippen molar-refractivity contribution < 1.29 is 37.2 Å². The number of sulfone groups is 1. The van der Waals surface area contributed by atoms with Crippen molar-refractivity contribution in [3.63, 3.8) is 0 Å². The second kappa shape index (κ2) is 10.1. The number of hydrogen-bond acceptors (Lipinski definition) is 9. The van der Waals surface area contributed by atoms with Crippen molar-refractivity contribution in [1.29, 1.82) is 0 Å². The molecule has 0 heterocycles. The first kappa shape index (κ1) is 25.1. The van der Waals surface area contributed by atoms with Gasteiger partial charge in [-0.05, 0) is 36.4 Å². The van der Waals surface area contributed by atoms with E-state index in [0.29, 0.717) is 0 Å². The molecule has 0 saturated carbocycles. The zero-order valence-corrected chi connectivity index (χ0v) is 19.2. The lowest BCUT2D eigenvalue weighted by molar-refractivity contribution is -0.384. The maximum atomic E-state index is 13.4. The minimum absolute atomic E-state index is 0.0539. The summed E-state index contributed by atoms with van der Waals surface area (Å²) in [5.74, 6) is -2.58. The summed E-state index contributed by atoms with van der Waals surface area (Å²) in [5, 5.41) is 13.4. The molecule has 0 radical (unpaired) electrons. The highest BCUT2D eigenvalue weighted by Crippen LogP contribution is 2.30. The molecule has 11 nitrogen and oxygen atoms in total. The van der Waals surface area contributed by atoms with Gasteiger partial charge in [-0.3, -0.25) is 14.9 Å². The summed E-state index contributed by atoms with van der Waals surface area (Å²) in [6.45, 7) is 0. The Morgan fingerprint density at radius 2 is 1.51 bits per heavy atom. The number of esters is 2. The summed E-state index contributed by atoms with van der Waals surface area (Å²) in [6.07, 6.45) is 0. The van der Waals surface area contributed by atoms with Crippen molar-refractivity contribution in [2.45, 2.75) is 9.79 Å². The van der Waals surface area contributed by atoms with Crippen LogP contribution in [0.5, 0.6) is 0 Å². The van der Waals surface area contributed by atoms with Crippen LogP contribution in [-0.2, 0) is 19.3 Å². The van der Waals surface area contributed by atoms with E-state index >= 15 is 0 Å². The van der Waals surface area contributed by atoms with Crippen LogP contribution in [0.15, 0.2) is 76.5 Å². The van der Waals surface area contributed by atoms with Crippen molar-refractivity contribution >= 4 is 39.1 Å². The van der Waals surface area contributed by atoms with Gasteiger partial charge in [0.2, 0.25) is 9.84 Å². The van der Waals surface area contributed by atoms with E-state index < -0.39 is 32.6 Å². The number of amides is 1. The maximum Gasteiger partial charge on any atom is 0.338 e. The van der Waals surface area contributed by atoms with Crippen LogP contribution in [0.2, 0.25) is 0 Å². The summed E-state index contributed by atoms with van der Waals surface area (Å²) in [4.78, 5) is 46.6. The number of carbonyl (C=O) groups excluding carboxylic acids is 3. The molecule has 3 aromatic rings. The molecule has 12 heteroatoms. The van der Waals surface area contributed by atoms with E-state index in [-0.39, 0.29) is 37.9 Å². The largest absolute Gasteiger partial charge is 0.465 e. The Morgan fingerprint density at radius 1 is 0.857 bits per heavy atom. The van der Waals surface area contributed by atoms with Gasteiger partial charge < -0.3 is 14.8 Å². The number of carbonyl (C=O) groups is 3. The maximum absolute atomic E-state index is 13.4. The van der Waals surface area contributed by atoms with Gasteiger partial charge in [0.25, 0.3) is 11.6 Å². The molecule has 0 aliphatic rings. The van der Waals surface area contributed by atoms with E-state index in [1.165, 1.54) is 42.5 Å². The lowest BCUT2D eigenvalue weighted by atomic mass is 10.1. The van der Waals surface area contributed by atoms with Crippen LogP contribution in [-0.4, -0.2) is 45.4 Å². The van der Waals surface area contributed by atoms with Crippen LogP contribution < -0.4 is 5.32 Å². The van der Waals surface area contributed by atoms with Crippen molar-refractivity contribution in [2.24, 2.45) is 0 Å². The fourth-order valence-corrected chi connectivity index (χ4v) is 4.58. The van der Waals surface area contributed by atoms with Crippen LogP contribution in [0.25, 0.3) is 0 Å². The van der Waals surface area contributed by atoms with Gasteiger partial charge in [-0.2, -0.15) is 0 Å². The van der Waals surface area contributed by atoms with Gasteiger partial charge in [0, 0.05) is 17.7 Å². The molecule has 1 N–H and O–H groups in total. The molecular formula is C23H18N2O9S. The minimum Gasteiger partial charge on any atom is -0.465 e. The number of rotatable bonds is 7. The van der Waals surface area contributed by atoms with E-state index in [0.717, 1.165) is 38.5 Å². The topological polar surface area (TPSA) is 159 Å². The van der Waals surface area contributed by atoms with Gasteiger partial charge in [-0.25, -0.2) is 18.0 Å². The van der Waals surface area contributed by atoms with Gasteiger partial charge in [-0.15, -0.1) is 0 Å². The summed E-state index contributed by atoms with van der Waals surface area (Å²) in [7, 11) is -2.14. The quantitative estimate of drug-likeness (QED) is 0.293. The number of nitro groups is 1. The summed E-state index contributed by atoms with van der Waals surface area (Å²) in [6, 6.07) is 13.7. The van der Waals surface area contributed by atoms with Crippen LogP contribution in [0.1, 0.15) is 31.1 Å². The normalized spacial score (nSPS) is 10.8. The van der Waals surface area contributed by atoms with Gasteiger partial charge in [-0.1, -0.05) is 18.2 Å². The zero-order valence-electron chi connectivity index (χ0n) is 18.4. The molecule has 0 spiro atoms. The van der Waals surface area contributed by atoms with Gasteiger partial charge in [0.05, 0.1) is 45.7 Å². The molecule has 0 aliphatic heterocycles. The standard InChI is InChI=1S/C23H18N2O9S/c1-33-22(27)17-11-10-16(13-18(17)23(28)34-2)35(31,32)20-9-4-3-8-19(20)24-21(26)14-6-5-7-15(12-14)25(29)30/h3-13H,1-2H3,(H,24,26).